The van der Waals surface area contributed by atoms with Gasteiger partial charge in [0, 0.05) is 22.7 Å². The van der Waals surface area contributed by atoms with Crippen molar-refractivity contribution < 1.29 is 14.3 Å². The molecule has 3 aromatic rings. The fourth-order valence-corrected chi connectivity index (χ4v) is 3.36. The maximum absolute atomic E-state index is 11.8. The molecule has 4 rings (SSSR count). The van der Waals surface area contributed by atoms with E-state index in [1.807, 2.05) is 56.3 Å². The molecule has 0 atom stereocenters. The average Bonchev–Trinajstić information content (AvgIpc) is 3.37. The van der Waals surface area contributed by atoms with Crippen molar-refractivity contribution in [3.05, 3.63) is 74.6 Å². The Kier molecular flexibility index (Phi) is 5.08. The first-order chi connectivity index (χ1) is 14.0. The molecule has 29 heavy (non-hydrogen) atoms. The van der Waals surface area contributed by atoms with E-state index in [1.54, 1.807) is 6.92 Å². The van der Waals surface area contributed by atoms with Gasteiger partial charge in [-0.1, -0.05) is 18.2 Å². The fraction of sp³-hybridized carbons (Fsp3) is 0.217. The van der Waals surface area contributed by atoms with Gasteiger partial charge in [-0.2, -0.15) is 0 Å². The molecule has 0 saturated carbocycles. The Hall–Kier alpha value is -3.54. The number of rotatable bonds is 5. The second kappa shape index (κ2) is 7.83. The molecular weight excluding hydrogens is 366 g/mol. The molecule has 0 fully saturated rings. The van der Waals surface area contributed by atoms with E-state index < -0.39 is 5.97 Å². The van der Waals surface area contributed by atoms with Crippen LogP contribution in [0.25, 0.3) is 17.8 Å². The highest BCUT2D eigenvalue weighted by atomic mass is 16.6. The summed E-state index contributed by atoms with van der Waals surface area (Å²) in [5.41, 5.74) is 4.02. The number of hydrogen-bond acceptors (Lipinski definition) is 4. The van der Waals surface area contributed by atoms with Crippen molar-refractivity contribution in [3.8, 4) is 5.75 Å². The van der Waals surface area contributed by atoms with Crippen LogP contribution < -0.4 is 26.0 Å². The molecule has 148 valence electrons. The molecule has 6 heteroatoms. The summed E-state index contributed by atoms with van der Waals surface area (Å²) in [6.07, 6.45) is 4.01. The number of H-pyrrole nitrogens is 2. The molecular formula is C23H23N3O3. The van der Waals surface area contributed by atoms with Crippen LogP contribution in [0.2, 0.25) is 0 Å². The number of carbonyl (C=O) groups excluding carboxylic acids is 1. The normalized spacial score (nSPS) is 14.9. The van der Waals surface area contributed by atoms with Gasteiger partial charge in [-0.05, 0) is 50.6 Å². The molecule has 0 unspecified atom stereocenters. The summed E-state index contributed by atoms with van der Waals surface area (Å²) in [5, 5.41) is 3.61. The van der Waals surface area contributed by atoms with Gasteiger partial charge in [-0.25, -0.2) is 9.79 Å². The SMILES string of the molecule is CCOC(=O)COc1c/c(=C2\C=c3ccccc3=N2)[nH]/c1=C\c1[nH]c(C)cc1C. The molecule has 1 aliphatic rings. The summed E-state index contributed by atoms with van der Waals surface area (Å²) >= 11 is 0. The first kappa shape index (κ1) is 18.8. The van der Waals surface area contributed by atoms with Crippen LogP contribution in [0.15, 0.2) is 41.4 Å². The number of aromatic amines is 2. The van der Waals surface area contributed by atoms with Crippen LogP contribution in [-0.4, -0.2) is 29.2 Å². The Bertz CT molecular complexity index is 1280. The lowest BCUT2D eigenvalue weighted by molar-refractivity contribution is -0.145. The molecule has 1 aromatic carbocycles. The first-order valence-electron chi connectivity index (χ1n) is 9.58. The number of ether oxygens (including phenoxy) is 2. The topological polar surface area (TPSA) is 79.5 Å². The fourth-order valence-electron chi connectivity index (χ4n) is 3.36. The predicted molar refractivity (Wildman–Crippen MR) is 111 cm³/mol. The lowest BCUT2D eigenvalue weighted by Gasteiger charge is -2.03. The number of hydrogen-bond donors (Lipinski definition) is 2. The number of aryl methyl sites for hydroxylation is 2. The third-order valence-electron chi connectivity index (χ3n) is 4.69. The molecule has 0 radical (unpaired) electrons. The lowest BCUT2D eigenvalue weighted by Crippen LogP contribution is -2.19. The Labute approximate surface area is 167 Å². The van der Waals surface area contributed by atoms with E-state index in [1.165, 1.54) is 0 Å². The zero-order valence-corrected chi connectivity index (χ0v) is 16.7. The Morgan fingerprint density at radius 3 is 2.72 bits per heavy atom. The first-order valence-corrected chi connectivity index (χ1v) is 9.58. The van der Waals surface area contributed by atoms with Gasteiger partial charge in [0.05, 0.1) is 28.4 Å². The summed E-state index contributed by atoms with van der Waals surface area (Å²) in [6, 6.07) is 11.9. The monoisotopic (exact) mass is 389 g/mol. The second-order valence-electron chi connectivity index (χ2n) is 6.95. The number of para-hydroxylation sites is 1. The highest BCUT2D eigenvalue weighted by molar-refractivity contribution is 5.77. The van der Waals surface area contributed by atoms with E-state index >= 15 is 0 Å². The van der Waals surface area contributed by atoms with Crippen LogP contribution in [0.3, 0.4) is 0 Å². The highest BCUT2D eigenvalue weighted by Gasteiger charge is 2.10. The van der Waals surface area contributed by atoms with Gasteiger partial charge in [-0.15, -0.1) is 0 Å². The van der Waals surface area contributed by atoms with Gasteiger partial charge in [-0.3, -0.25) is 0 Å². The number of esters is 1. The third kappa shape index (κ3) is 4.01. The minimum Gasteiger partial charge on any atom is -0.480 e. The quantitative estimate of drug-likeness (QED) is 0.638. The summed E-state index contributed by atoms with van der Waals surface area (Å²) in [6.45, 7) is 6.01. The van der Waals surface area contributed by atoms with Crippen molar-refractivity contribution in [2.24, 2.45) is 4.99 Å². The standard InChI is InChI=1S/C23H23N3O3/c1-4-28-23(27)13-29-22-12-20(19-10-16-7-5-6-8-17(16)25-19)26-21(22)11-18-14(2)9-15(3)24-18/h5-12,24,26H,4,13H2,1-3H3/b20-19-,21-11-. The minimum atomic E-state index is -0.398. The van der Waals surface area contributed by atoms with Crippen LogP contribution in [0.4, 0.5) is 0 Å². The van der Waals surface area contributed by atoms with E-state index in [9.17, 15) is 4.79 Å². The summed E-state index contributed by atoms with van der Waals surface area (Å²) in [4.78, 5) is 23.2. The van der Waals surface area contributed by atoms with Crippen LogP contribution in [0, 0.1) is 13.8 Å². The Morgan fingerprint density at radius 2 is 2.00 bits per heavy atom. The number of nitrogens with one attached hydrogen (secondary N) is 2. The van der Waals surface area contributed by atoms with E-state index in [4.69, 9.17) is 14.5 Å². The summed E-state index contributed by atoms with van der Waals surface area (Å²) in [7, 11) is 0. The van der Waals surface area contributed by atoms with E-state index in [-0.39, 0.29) is 6.61 Å². The Morgan fingerprint density at radius 1 is 1.17 bits per heavy atom. The van der Waals surface area contributed by atoms with Crippen LogP contribution in [0.1, 0.15) is 23.9 Å². The van der Waals surface area contributed by atoms with Gasteiger partial charge in [0.15, 0.2) is 6.61 Å². The zero-order valence-electron chi connectivity index (χ0n) is 16.7. The number of nitrogens with zero attached hydrogens (tertiary/aromatic N) is 1. The van der Waals surface area contributed by atoms with Gasteiger partial charge >= 0.3 is 5.97 Å². The van der Waals surface area contributed by atoms with Gasteiger partial charge in [0.1, 0.15) is 5.75 Å². The molecule has 0 spiro atoms. The average molecular weight is 389 g/mol. The van der Waals surface area contributed by atoms with Crippen LogP contribution >= 0.6 is 0 Å². The maximum Gasteiger partial charge on any atom is 0.344 e. The molecule has 6 nitrogen and oxygen atoms in total. The van der Waals surface area contributed by atoms with Crippen LogP contribution in [0.5, 0.6) is 5.75 Å². The third-order valence-corrected chi connectivity index (χ3v) is 4.69. The smallest absolute Gasteiger partial charge is 0.344 e. The maximum atomic E-state index is 11.8. The molecule has 2 aromatic heterocycles. The predicted octanol–water partition coefficient (Wildman–Crippen LogP) is 0.952. The second-order valence-corrected chi connectivity index (χ2v) is 6.95. The zero-order chi connectivity index (χ0) is 20.4. The van der Waals surface area contributed by atoms with Gasteiger partial charge < -0.3 is 19.4 Å². The van der Waals surface area contributed by atoms with Gasteiger partial charge in [0.2, 0.25) is 0 Å². The summed E-state index contributed by atoms with van der Waals surface area (Å²) in [5.74, 6) is 0.178. The van der Waals surface area contributed by atoms with Crippen molar-refractivity contribution in [1.29, 1.82) is 0 Å². The number of aromatic nitrogens is 2. The van der Waals surface area contributed by atoms with E-state index in [2.05, 4.69) is 16.0 Å². The molecule has 1 aliphatic heterocycles. The number of carbonyl (C=O) groups is 1. The van der Waals surface area contributed by atoms with Crippen molar-refractivity contribution in [1.82, 2.24) is 9.97 Å². The molecule has 3 heterocycles. The molecule has 0 saturated heterocycles. The van der Waals surface area contributed by atoms with Crippen molar-refractivity contribution >= 4 is 23.8 Å². The molecule has 0 amide bonds. The lowest BCUT2D eigenvalue weighted by atomic mass is 10.2. The molecule has 0 aliphatic carbocycles. The summed E-state index contributed by atoms with van der Waals surface area (Å²) < 4.78 is 10.7. The van der Waals surface area contributed by atoms with Crippen molar-refractivity contribution in [2.75, 3.05) is 13.2 Å². The highest BCUT2D eigenvalue weighted by Crippen LogP contribution is 2.11. The van der Waals surface area contributed by atoms with Crippen molar-refractivity contribution in [3.63, 3.8) is 0 Å². The Balaban J connectivity index is 1.81. The van der Waals surface area contributed by atoms with Crippen LogP contribution in [-0.2, 0) is 9.53 Å². The van der Waals surface area contributed by atoms with E-state index in [0.717, 1.165) is 43.9 Å². The number of benzene rings is 1. The number of fused-ring (bicyclic) bond motifs is 1. The van der Waals surface area contributed by atoms with E-state index in [0.29, 0.717) is 12.4 Å². The molecule has 2 N–H and O–H groups in total. The largest absolute Gasteiger partial charge is 0.480 e. The van der Waals surface area contributed by atoms with Crippen molar-refractivity contribution in [2.45, 2.75) is 20.8 Å². The van der Waals surface area contributed by atoms with Gasteiger partial charge in [0.25, 0.3) is 0 Å². The minimum absolute atomic E-state index is 0.148. The molecule has 0 bridgehead atoms.